The third kappa shape index (κ3) is 3.77. The number of piperazine rings is 1. The number of fused-ring (bicyclic) bond motifs is 1. The molecule has 0 saturated carbocycles. The Kier molecular flexibility index (Phi) is 4.89. The van der Waals surface area contributed by atoms with Crippen LogP contribution in [0.25, 0.3) is 16.9 Å². The van der Waals surface area contributed by atoms with Crippen molar-refractivity contribution in [3.05, 3.63) is 65.5 Å². The number of anilines is 1. The Morgan fingerprint density at radius 2 is 1.83 bits per heavy atom. The highest BCUT2D eigenvalue weighted by atomic mass is 16.1. The van der Waals surface area contributed by atoms with Gasteiger partial charge in [-0.25, -0.2) is 4.68 Å². The monoisotopic (exact) mass is 403 g/mol. The van der Waals surface area contributed by atoms with Gasteiger partial charge in [0, 0.05) is 56.7 Å². The molecule has 1 aliphatic rings. The van der Waals surface area contributed by atoms with E-state index in [-0.39, 0.29) is 5.56 Å². The van der Waals surface area contributed by atoms with Crippen molar-refractivity contribution >= 4 is 11.5 Å². The standard InChI is InChI=1S/C20H21N9O/c30-20-6-3-17(16-2-1-7-21-14-16)24-28(20)13-10-26-8-11-27(12-9-26)19-5-4-18-23-22-15-29(18)25-19/h1-7,14-15H,8-13H2. The molecule has 4 aromatic rings. The van der Waals surface area contributed by atoms with Crippen LogP contribution in [0.4, 0.5) is 5.82 Å². The average molecular weight is 403 g/mol. The van der Waals surface area contributed by atoms with Crippen LogP contribution in [-0.2, 0) is 6.54 Å². The molecule has 5 heterocycles. The van der Waals surface area contributed by atoms with Gasteiger partial charge >= 0.3 is 0 Å². The maximum Gasteiger partial charge on any atom is 0.266 e. The molecule has 1 aliphatic heterocycles. The third-order valence-corrected chi connectivity index (χ3v) is 5.30. The van der Waals surface area contributed by atoms with Gasteiger partial charge in [0.05, 0.1) is 12.2 Å². The lowest BCUT2D eigenvalue weighted by atomic mass is 10.2. The Hall–Kier alpha value is -3.66. The maximum absolute atomic E-state index is 12.2. The largest absolute Gasteiger partial charge is 0.353 e. The molecule has 1 saturated heterocycles. The molecule has 0 spiro atoms. The molecular weight excluding hydrogens is 382 g/mol. The summed E-state index contributed by atoms with van der Waals surface area (Å²) in [5.74, 6) is 0.920. The number of rotatable bonds is 5. The maximum atomic E-state index is 12.2. The summed E-state index contributed by atoms with van der Waals surface area (Å²) in [6.45, 7) is 4.88. The highest BCUT2D eigenvalue weighted by molar-refractivity contribution is 5.56. The van der Waals surface area contributed by atoms with E-state index in [1.807, 2.05) is 24.3 Å². The topological polar surface area (TPSA) is 97.3 Å². The smallest absolute Gasteiger partial charge is 0.266 e. The van der Waals surface area contributed by atoms with Crippen LogP contribution < -0.4 is 10.5 Å². The molecule has 1 fully saturated rings. The molecule has 0 atom stereocenters. The SMILES string of the molecule is O=c1ccc(-c2cccnc2)nn1CCN1CCN(c2ccc3nncn3n2)CC1. The Morgan fingerprint density at radius 3 is 2.67 bits per heavy atom. The molecule has 152 valence electrons. The Labute approximate surface area is 172 Å². The van der Waals surface area contributed by atoms with Crippen LogP contribution in [0.2, 0.25) is 0 Å². The highest BCUT2D eigenvalue weighted by Gasteiger charge is 2.18. The summed E-state index contributed by atoms with van der Waals surface area (Å²) < 4.78 is 3.23. The van der Waals surface area contributed by atoms with Crippen molar-refractivity contribution in [2.75, 3.05) is 37.6 Å². The van der Waals surface area contributed by atoms with Crippen molar-refractivity contribution in [3.8, 4) is 11.3 Å². The Bertz CT molecular complexity index is 1200. The van der Waals surface area contributed by atoms with Gasteiger partial charge in [0.15, 0.2) is 5.65 Å². The fourth-order valence-corrected chi connectivity index (χ4v) is 3.60. The molecule has 0 radical (unpaired) electrons. The van der Waals surface area contributed by atoms with Crippen LogP contribution in [0.15, 0.2) is 59.9 Å². The van der Waals surface area contributed by atoms with Gasteiger partial charge in [0.25, 0.3) is 5.56 Å². The van der Waals surface area contributed by atoms with E-state index >= 15 is 0 Å². The van der Waals surface area contributed by atoms with Crippen molar-refractivity contribution in [3.63, 3.8) is 0 Å². The minimum atomic E-state index is -0.0901. The van der Waals surface area contributed by atoms with Gasteiger partial charge in [-0.2, -0.15) is 9.61 Å². The lowest BCUT2D eigenvalue weighted by Gasteiger charge is -2.35. The van der Waals surface area contributed by atoms with Crippen LogP contribution in [0.1, 0.15) is 0 Å². The van der Waals surface area contributed by atoms with Gasteiger partial charge < -0.3 is 4.90 Å². The normalized spacial score (nSPS) is 15.0. The number of pyridine rings is 1. The molecule has 0 unspecified atom stereocenters. The van der Waals surface area contributed by atoms with E-state index in [4.69, 9.17) is 0 Å². The van der Waals surface area contributed by atoms with Crippen molar-refractivity contribution < 1.29 is 0 Å². The molecule has 0 aliphatic carbocycles. The van der Waals surface area contributed by atoms with Crippen LogP contribution in [0.3, 0.4) is 0 Å². The second-order valence-corrected chi connectivity index (χ2v) is 7.18. The Morgan fingerprint density at radius 1 is 0.933 bits per heavy atom. The quantitative estimate of drug-likeness (QED) is 0.477. The molecule has 0 bridgehead atoms. The van der Waals surface area contributed by atoms with Crippen LogP contribution in [-0.4, -0.2) is 72.2 Å². The number of hydrogen-bond donors (Lipinski definition) is 0. The van der Waals surface area contributed by atoms with Gasteiger partial charge in [-0.3, -0.25) is 14.7 Å². The zero-order valence-corrected chi connectivity index (χ0v) is 16.4. The molecule has 0 aromatic carbocycles. The summed E-state index contributed by atoms with van der Waals surface area (Å²) >= 11 is 0. The minimum Gasteiger partial charge on any atom is -0.353 e. The summed E-state index contributed by atoms with van der Waals surface area (Å²) in [7, 11) is 0. The van der Waals surface area contributed by atoms with Crippen LogP contribution in [0.5, 0.6) is 0 Å². The second-order valence-electron chi connectivity index (χ2n) is 7.18. The number of hydrogen-bond acceptors (Lipinski definition) is 8. The fourth-order valence-electron chi connectivity index (χ4n) is 3.60. The lowest BCUT2D eigenvalue weighted by molar-refractivity contribution is 0.242. The summed E-state index contributed by atoms with van der Waals surface area (Å²) in [5.41, 5.74) is 2.30. The van der Waals surface area contributed by atoms with Crippen molar-refractivity contribution in [2.24, 2.45) is 0 Å². The van der Waals surface area contributed by atoms with Crippen molar-refractivity contribution in [1.82, 2.24) is 39.5 Å². The first kappa shape index (κ1) is 18.4. The van der Waals surface area contributed by atoms with E-state index in [1.165, 1.54) is 4.68 Å². The van der Waals surface area contributed by atoms with Gasteiger partial charge in [0.1, 0.15) is 12.1 Å². The lowest BCUT2D eigenvalue weighted by Crippen LogP contribution is -2.48. The minimum absolute atomic E-state index is 0.0901. The Balaban J connectivity index is 1.20. The van der Waals surface area contributed by atoms with E-state index in [1.54, 1.807) is 35.4 Å². The summed E-state index contributed by atoms with van der Waals surface area (Å²) in [4.78, 5) is 21.0. The summed E-state index contributed by atoms with van der Waals surface area (Å²) in [5, 5.41) is 16.9. The zero-order chi connectivity index (χ0) is 20.3. The van der Waals surface area contributed by atoms with Gasteiger partial charge in [-0.05, 0) is 30.3 Å². The molecular formula is C20H21N9O. The van der Waals surface area contributed by atoms with E-state index < -0.39 is 0 Å². The molecule has 30 heavy (non-hydrogen) atoms. The number of aromatic nitrogens is 7. The fraction of sp³-hybridized carbons (Fsp3) is 0.300. The zero-order valence-electron chi connectivity index (χ0n) is 16.4. The van der Waals surface area contributed by atoms with Crippen LogP contribution >= 0.6 is 0 Å². The predicted octanol–water partition coefficient (Wildman–Crippen LogP) is 0.565. The highest BCUT2D eigenvalue weighted by Crippen LogP contribution is 2.15. The van der Waals surface area contributed by atoms with Crippen LogP contribution in [0, 0.1) is 0 Å². The van der Waals surface area contributed by atoms with Crippen molar-refractivity contribution in [1.29, 1.82) is 0 Å². The van der Waals surface area contributed by atoms with E-state index in [9.17, 15) is 4.79 Å². The first-order valence-electron chi connectivity index (χ1n) is 9.89. The molecule has 10 nitrogen and oxygen atoms in total. The molecule has 0 amide bonds. The average Bonchev–Trinajstić information content (AvgIpc) is 3.27. The first-order valence-corrected chi connectivity index (χ1v) is 9.89. The number of nitrogens with zero attached hydrogens (tertiary/aromatic N) is 9. The third-order valence-electron chi connectivity index (χ3n) is 5.30. The molecule has 10 heteroatoms. The van der Waals surface area contributed by atoms with Gasteiger partial charge in [-0.1, -0.05) is 0 Å². The molecule has 4 aromatic heterocycles. The van der Waals surface area contributed by atoms with E-state index in [0.717, 1.165) is 55.4 Å². The van der Waals surface area contributed by atoms with E-state index in [2.05, 4.69) is 35.2 Å². The van der Waals surface area contributed by atoms with Gasteiger partial charge in [-0.15, -0.1) is 15.3 Å². The second kappa shape index (κ2) is 7.99. The summed E-state index contributed by atoms with van der Waals surface area (Å²) in [6.07, 6.45) is 5.08. The molecule has 0 N–H and O–H groups in total. The van der Waals surface area contributed by atoms with Crippen molar-refractivity contribution in [2.45, 2.75) is 6.54 Å². The van der Waals surface area contributed by atoms with E-state index in [0.29, 0.717) is 6.54 Å². The molecule has 5 rings (SSSR count). The summed E-state index contributed by atoms with van der Waals surface area (Å²) in [6, 6.07) is 11.0. The predicted molar refractivity (Wildman–Crippen MR) is 111 cm³/mol. The van der Waals surface area contributed by atoms with Gasteiger partial charge in [0.2, 0.25) is 0 Å². The first-order chi connectivity index (χ1) is 14.8.